The maximum Gasteiger partial charge on any atom is 0.147 e. The average molecular weight is 269 g/mol. The van der Waals surface area contributed by atoms with Gasteiger partial charge < -0.3 is 4.74 Å². The zero-order valence-corrected chi connectivity index (χ0v) is 10.4. The van der Waals surface area contributed by atoms with Gasteiger partial charge in [-0.05, 0) is 17.7 Å². The van der Waals surface area contributed by atoms with Crippen LogP contribution in [0.5, 0.6) is 0 Å². The fourth-order valence-corrected chi connectivity index (χ4v) is 1.49. The lowest BCUT2D eigenvalue weighted by molar-refractivity contribution is 0.104. The van der Waals surface area contributed by atoms with Crippen molar-refractivity contribution in [3.8, 4) is 0 Å². The molecule has 0 aliphatic heterocycles. The molecule has 0 N–H and O–H groups in total. The summed E-state index contributed by atoms with van der Waals surface area (Å²) in [6.45, 7) is 0.925. The van der Waals surface area contributed by atoms with Crippen molar-refractivity contribution in [3.05, 3.63) is 58.1 Å². The highest BCUT2D eigenvalue weighted by Crippen LogP contribution is 2.11. The van der Waals surface area contributed by atoms with E-state index in [2.05, 4.69) is 9.97 Å². The molecule has 2 rings (SSSR count). The smallest absolute Gasteiger partial charge is 0.147 e. The maximum atomic E-state index is 5.78. The Bertz CT molecular complexity index is 425. The Morgan fingerprint density at radius 2 is 1.71 bits per heavy atom. The first-order valence-electron chi connectivity index (χ1n) is 5.02. The topological polar surface area (TPSA) is 35.0 Å². The van der Waals surface area contributed by atoms with Crippen LogP contribution in [-0.4, -0.2) is 9.97 Å². The van der Waals surface area contributed by atoms with Gasteiger partial charge in [-0.3, -0.25) is 4.98 Å². The van der Waals surface area contributed by atoms with Crippen molar-refractivity contribution in [3.63, 3.8) is 0 Å². The standard InChI is InChI=1S/C12H10Cl2N2O/c13-10-3-1-9(2-4-10)7-17-8-11-5-16-12(14)6-15-11/h1-6H,7-8H2. The van der Waals surface area contributed by atoms with Crippen molar-refractivity contribution in [2.45, 2.75) is 13.2 Å². The second kappa shape index (κ2) is 5.96. The van der Waals surface area contributed by atoms with Gasteiger partial charge in [-0.25, -0.2) is 4.98 Å². The summed E-state index contributed by atoms with van der Waals surface area (Å²) in [7, 11) is 0. The van der Waals surface area contributed by atoms with Crippen LogP contribution in [0, 0.1) is 0 Å². The van der Waals surface area contributed by atoms with E-state index in [0.717, 1.165) is 16.3 Å². The van der Waals surface area contributed by atoms with Crippen LogP contribution in [0.2, 0.25) is 10.2 Å². The predicted octanol–water partition coefficient (Wildman–Crippen LogP) is 3.50. The van der Waals surface area contributed by atoms with Crippen LogP contribution in [0.4, 0.5) is 0 Å². The molecule has 2 aromatic rings. The van der Waals surface area contributed by atoms with Crippen LogP contribution in [0.25, 0.3) is 0 Å². The Labute approximate surface area is 109 Å². The minimum atomic E-state index is 0.381. The highest BCUT2D eigenvalue weighted by Gasteiger charge is 1.97. The molecule has 0 unspecified atom stereocenters. The zero-order valence-electron chi connectivity index (χ0n) is 8.94. The van der Waals surface area contributed by atoms with E-state index in [1.807, 2.05) is 24.3 Å². The molecule has 0 aliphatic rings. The van der Waals surface area contributed by atoms with Crippen LogP contribution in [0.15, 0.2) is 36.7 Å². The summed E-state index contributed by atoms with van der Waals surface area (Å²) in [6, 6.07) is 7.52. The van der Waals surface area contributed by atoms with Gasteiger partial charge in [-0.15, -0.1) is 0 Å². The number of ether oxygens (including phenoxy) is 1. The van der Waals surface area contributed by atoms with Gasteiger partial charge >= 0.3 is 0 Å². The Morgan fingerprint density at radius 1 is 0.941 bits per heavy atom. The average Bonchev–Trinajstić information content (AvgIpc) is 2.34. The summed E-state index contributed by atoms with van der Waals surface area (Å²) < 4.78 is 5.50. The van der Waals surface area contributed by atoms with Crippen LogP contribution in [-0.2, 0) is 18.0 Å². The molecule has 0 saturated carbocycles. The van der Waals surface area contributed by atoms with Crippen LogP contribution < -0.4 is 0 Å². The third-order valence-electron chi connectivity index (χ3n) is 2.11. The van der Waals surface area contributed by atoms with Gasteiger partial charge in [-0.1, -0.05) is 35.3 Å². The molecule has 0 aliphatic carbocycles. The Morgan fingerprint density at radius 3 is 2.35 bits per heavy atom. The van der Waals surface area contributed by atoms with E-state index < -0.39 is 0 Å². The van der Waals surface area contributed by atoms with E-state index in [0.29, 0.717) is 18.4 Å². The van der Waals surface area contributed by atoms with Crippen molar-refractivity contribution < 1.29 is 4.74 Å². The van der Waals surface area contributed by atoms with Crippen LogP contribution >= 0.6 is 23.2 Å². The molecule has 17 heavy (non-hydrogen) atoms. The van der Waals surface area contributed by atoms with Gasteiger partial charge in [0.15, 0.2) is 0 Å². The van der Waals surface area contributed by atoms with Crippen LogP contribution in [0.1, 0.15) is 11.3 Å². The summed E-state index contributed by atoms with van der Waals surface area (Å²) in [5.41, 5.74) is 1.82. The van der Waals surface area contributed by atoms with Gasteiger partial charge in [0.05, 0.1) is 31.3 Å². The molecule has 88 valence electrons. The monoisotopic (exact) mass is 268 g/mol. The highest BCUT2D eigenvalue weighted by atomic mass is 35.5. The normalized spacial score (nSPS) is 10.5. The quantitative estimate of drug-likeness (QED) is 0.852. The maximum absolute atomic E-state index is 5.78. The first-order chi connectivity index (χ1) is 8.24. The molecule has 1 aromatic carbocycles. The first kappa shape index (κ1) is 12.3. The van der Waals surface area contributed by atoms with E-state index in [4.69, 9.17) is 27.9 Å². The Balaban J connectivity index is 1.83. The van der Waals surface area contributed by atoms with Crippen LogP contribution in [0.3, 0.4) is 0 Å². The molecule has 0 spiro atoms. The number of hydrogen-bond acceptors (Lipinski definition) is 3. The molecule has 0 fully saturated rings. The highest BCUT2D eigenvalue weighted by molar-refractivity contribution is 6.30. The predicted molar refractivity (Wildman–Crippen MR) is 67.0 cm³/mol. The second-order valence-corrected chi connectivity index (χ2v) is 4.27. The zero-order chi connectivity index (χ0) is 12.1. The Hall–Kier alpha value is -1.16. The van der Waals surface area contributed by atoms with E-state index in [1.54, 1.807) is 6.20 Å². The number of benzene rings is 1. The largest absolute Gasteiger partial charge is 0.370 e. The summed E-state index contributed by atoms with van der Waals surface area (Å²) in [4.78, 5) is 8.00. The molecule has 0 radical (unpaired) electrons. The lowest BCUT2D eigenvalue weighted by Crippen LogP contribution is -1.97. The minimum absolute atomic E-state index is 0.381. The van der Waals surface area contributed by atoms with E-state index in [-0.39, 0.29) is 0 Å². The second-order valence-electron chi connectivity index (χ2n) is 3.45. The molecule has 0 amide bonds. The van der Waals surface area contributed by atoms with Gasteiger partial charge in [-0.2, -0.15) is 0 Å². The molecule has 5 heteroatoms. The lowest BCUT2D eigenvalue weighted by Gasteiger charge is -2.03. The number of rotatable bonds is 4. The summed E-state index contributed by atoms with van der Waals surface area (Å²) in [5.74, 6) is 0. The molecular formula is C12H10Cl2N2O. The first-order valence-corrected chi connectivity index (χ1v) is 5.78. The van der Waals surface area contributed by atoms with Gasteiger partial charge in [0.2, 0.25) is 0 Å². The fraction of sp³-hybridized carbons (Fsp3) is 0.167. The van der Waals surface area contributed by atoms with Crippen molar-refractivity contribution >= 4 is 23.2 Å². The molecule has 0 atom stereocenters. The van der Waals surface area contributed by atoms with Gasteiger partial charge in [0.1, 0.15) is 5.15 Å². The van der Waals surface area contributed by atoms with Crippen molar-refractivity contribution in [1.29, 1.82) is 0 Å². The molecular weight excluding hydrogens is 259 g/mol. The van der Waals surface area contributed by atoms with Crippen molar-refractivity contribution in [2.75, 3.05) is 0 Å². The van der Waals surface area contributed by atoms with E-state index in [9.17, 15) is 0 Å². The van der Waals surface area contributed by atoms with Gasteiger partial charge in [0.25, 0.3) is 0 Å². The third kappa shape index (κ3) is 3.97. The van der Waals surface area contributed by atoms with Crippen molar-refractivity contribution in [2.24, 2.45) is 0 Å². The molecule has 1 heterocycles. The van der Waals surface area contributed by atoms with E-state index >= 15 is 0 Å². The lowest BCUT2D eigenvalue weighted by atomic mass is 10.2. The number of halogens is 2. The summed E-state index contributed by atoms with van der Waals surface area (Å²) >= 11 is 11.4. The minimum Gasteiger partial charge on any atom is -0.370 e. The SMILES string of the molecule is Clc1ccc(COCc2cnc(Cl)cn2)cc1. The van der Waals surface area contributed by atoms with Crippen molar-refractivity contribution in [1.82, 2.24) is 9.97 Å². The number of nitrogens with zero attached hydrogens (tertiary/aromatic N) is 2. The van der Waals surface area contributed by atoms with Gasteiger partial charge in [0, 0.05) is 5.02 Å². The number of aromatic nitrogens is 2. The third-order valence-corrected chi connectivity index (χ3v) is 2.55. The molecule has 0 saturated heterocycles. The summed E-state index contributed by atoms with van der Waals surface area (Å²) in [6.07, 6.45) is 3.10. The Kier molecular flexibility index (Phi) is 4.31. The van der Waals surface area contributed by atoms with E-state index in [1.165, 1.54) is 6.20 Å². The molecule has 1 aromatic heterocycles. The number of hydrogen-bond donors (Lipinski definition) is 0. The molecule has 0 bridgehead atoms. The summed E-state index contributed by atoms with van der Waals surface area (Å²) in [5, 5.41) is 1.10. The molecule has 3 nitrogen and oxygen atoms in total. The fourth-order valence-electron chi connectivity index (χ4n) is 1.27.